The summed E-state index contributed by atoms with van der Waals surface area (Å²) in [6.45, 7) is 0. The van der Waals surface area contributed by atoms with Crippen LogP contribution in [0.4, 0.5) is 10.3 Å². The molecule has 0 saturated carbocycles. The number of benzene rings is 1. The van der Waals surface area contributed by atoms with Gasteiger partial charge in [-0.05, 0) is 12.1 Å². The number of nitrogens with zero attached hydrogens (tertiary/aromatic N) is 1. The Hall–Kier alpha value is -2.05. The smallest absolute Gasteiger partial charge is 0.230 e. The van der Waals surface area contributed by atoms with Crippen molar-refractivity contribution < 1.29 is 13.7 Å². The lowest BCUT2D eigenvalue weighted by molar-refractivity contribution is 0.416. The van der Waals surface area contributed by atoms with E-state index in [9.17, 15) is 4.39 Å². The maximum absolute atomic E-state index is 14.1. The quantitative estimate of drug-likeness (QED) is 0.773. The van der Waals surface area contributed by atoms with Crippen LogP contribution in [0.15, 0.2) is 34.2 Å². The first-order valence-corrected chi connectivity index (χ1v) is 7.20. The minimum absolute atomic E-state index is 0.0179. The number of anilines is 1. The zero-order valence-electron chi connectivity index (χ0n) is 10.9. The summed E-state index contributed by atoms with van der Waals surface area (Å²) < 4.78 is 24.3. The van der Waals surface area contributed by atoms with Gasteiger partial charge in [-0.1, -0.05) is 22.8 Å². The number of hydrogen-bond acceptors (Lipinski definition) is 5. The van der Waals surface area contributed by atoms with Gasteiger partial charge in [-0.3, -0.25) is 0 Å². The fraction of sp³-hybridized carbons (Fsp3) is 0.0714. The van der Waals surface area contributed by atoms with Gasteiger partial charge in [-0.15, -0.1) is 11.3 Å². The van der Waals surface area contributed by atoms with E-state index in [1.54, 1.807) is 19.2 Å². The maximum Gasteiger partial charge on any atom is 0.230 e. The van der Waals surface area contributed by atoms with Crippen LogP contribution >= 0.6 is 22.9 Å². The van der Waals surface area contributed by atoms with Crippen molar-refractivity contribution in [3.8, 4) is 27.4 Å². The molecule has 0 aliphatic rings. The minimum atomic E-state index is -0.484. The van der Waals surface area contributed by atoms with Gasteiger partial charge >= 0.3 is 0 Å². The van der Waals surface area contributed by atoms with Crippen molar-refractivity contribution in [2.24, 2.45) is 0 Å². The SMILES string of the molecule is COc1csc(-c2noc(N)c2-c2c(F)cccc2Cl)c1. The van der Waals surface area contributed by atoms with Crippen molar-refractivity contribution in [1.82, 2.24) is 5.16 Å². The predicted molar refractivity (Wildman–Crippen MR) is 81.2 cm³/mol. The first-order valence-electron chi connectivity index (χ1n) is 5.94. The minimum Gasteiger partial charge on any atom is -0.496 e. The molecule has 2 heterocycles. The number of methoxy groups -OCH3 is 1. The van der Waals surface area contributed by atoms with Crippen LogP contribution in [0, 0.1) is 5.82 Å². The second-order valence-corrected chi connectivity index (χ2v) is 5.54. The summed E-state index contributed by atoms with van der Waals surface area (Å²) in [5.74, 6) is 0.216. The number of thiophene rings is 1. The standard InChI is InChI=1S/C14H10ClFN2O2S/c1-19-7-5-10(21-6-7)13-12(14(17)20-18-13)11-8(15)3-2-4-9(11)16/h2-6H,17H2,1H3. The molecule has 2 aromatic heterocycles. The molecule has 3 rings (SSSR count). The third-order valence-corrected chi connectivity index (χ3v) is 4.21. The normalized spacial score (nSPS) is 10.8. The average molecular weight is 325 g/mol. The first kappa shape index (κ1) is 13.9. The molecule has 0 bridgehead atoms. The Labute approximate surface area is 128 Å². The molecule has 0 spiro atoms. The van der Waals surface area contributed by atoms with Gasteiger partial charge in [-0.2, -0.15) is 0 Å². The monoisotopic (exact) mass is 324 g/mol. The predicted octanol–water partition coefficient (Wildman–Crippen LogP) is 4.45. The number of ether oxygens (including phenoxy) is 1. The van der Waals surface area contributed by atoms with Gasteiger partial charge < -0.3 is 15.0 Å². The molecule has 3 aromatic rings. The number of aromatic nitrogens is 1. The highest BCUT2D eigenvalue weighted by Gasteiger charge is 2.23. The Morgan fingerprint density at radius 1 is 1.38 bits per heavy atom. The number of rotatable bonds is 3. The lowest BCUT2D eigenvalue weighted by Gasteiger charge is -2.05. The van der Waals surface area contributed by atoms with Crippen LogP contribution in [0.1, 0.15) is 0 Å². The topological polar surface area (TPSA) is 61.3 Å². The fourth-order valence-corrected chi connectivity index (χ4v) is 3.10. The van der Waals surface area contributed by atoms with Crippen LogP contribution in [-0.2, 0) is 0 Å². The second-order valence-electron chi connectivity index (χ2n) is 4.22. The van der Waals surface area contributed by atoms with Crippen molar-refractivity contribution in [2.45, 2.75) is 0 Å². The summed E-state index contributed by atoms with van der Waals surface area (Å²) in [4.78, 5) is 0.751. The summed E-state index contributed by atoms with van der Waals surface area (Å²) >= 11 is 7.49. The van der Waals surface area contributed by atoms with Crippen LogP contribution < -0.4 is 10.5 Å². The van der Waals surface area contributed by atoms with Gasteiger partial charge in [0.2, 0.25) is 5.88 Å². The molecule has 21 heavy (non-hydrogen) atoms. The molecule has 108 valence electrons. The van der Waals surface area contributed by atoms with Crippen LogP contribution in [-0.4, -0.2) is 12.3 Å². The van der Waals surface area contributed by atoms with Gasteiger partial charge in [0.15, 0.2) is 0 Å². The van der Waals surface area contributed by atoms with E-state index in [1.165, 1.54) is 23.5 Å². The average Bonchev–Trinajstić information content (AvgIpc) is 3.06. The molecule has 0 aliphatic heterocycles. The van der Waals surface area contributed by atoms with Crippen LogP contribution in [0.25, 0.3) is 21.7 Å². The van der Waals surface area contributed by atoms with Crippen molar-refractivity contribution in [1.29, 1.82) is 0 Å². The highest BCUT2D eigenvalue weighted by molar-refractivity contribution is 7.13. The number of halogens is 2. The van der Waals surface area contributed by atoms with Crippen molar-refractivity contribution in [3.05, 3.63) is 40.5 Å². The van der Waals surface area contributed by atoms with E-state index in [0.717, 1.165) is 4.88 Å². The number of hydrogen-bond donors (Lipinski definition) is 1. The molecule has 0 amide bonds. The molecular weight excluding hydrogens is 315 g/mol. The Morgan fingerprint density at radius 3 is 2.86 bits per heavy atom. The lowest BCUT2D eigenvalue weighted by Crippen LogP contribution is -1.91. The van der Waals surface area contributed by atoms with Gasteiger partial charge in [0, 0.05) is 17.0 Å². The molecule has 0 saturated heterocycles. The zero-order chi connectivity index (χ0) is 15.0. The largest absolute Gasteiger partial charge is 0.496 e. The van der Waals surface area contributed by atoms with Crippen LogP contribution in [0.2, 0.25) is 5.02 Å². The summed E-state index contributed by atoms with van der Waals surface area (Å²) in [5, 5.41) is 5.98. The molecule has 0 atom stereocenters. The van der Waals surface area contributed by atoms with Crippen molar-refractivity contribution in [3.63, 3.8) is 0 Å². The van der Waals surface area contributed by atoms with Gasteiger partial charge in [0.1, 0.15) is 17.3 Å². The number of nitrogen functional groups attached to an aromatic ring is 1. The molecule has 2 N–H and O–H groups in total. The van der Waals surface area contributed by atoms with E-state index >= 15 is 0 Å². The van der Waals surface area contributed by atoms with E-state index in [4.69, 9.17) is 26.6 Å². The summed E-state index contributed by atoms with van der Waals surface area (Å²) in [6.07, 6.45) is 0. The Morgan fingerprint density at radius 2 is 2.19 bits per heavy atom. The van der Waals surface area contributed by atoms with Crippen LogP contribution in [0.3, 0.4) is 0 Å². The van der Waals surface area contributed by atoms with Crippen molar-refractivity contribution >= 4 is 28.8 Å². The van der Waals surface area contributed by atoms with E-state index in [1.807, 2.05) is 5.38 Å². The lowest BCUT2D eigenvalue weighted by atomic mass is 10.0. The third-order valence-electron chi connectivity index (χ3n) is 2.98. The molecule has 0 unspecified atom stereocenters. The maximum atomic E-state index is 14.1. The Balaban J connectivity index is 2.22. The summed E-state index contributed by atoms with van der Waals surface area (Å²) in [6, 6.07) is 6.20. The van der Waals surface area contributed by atoms with Crippen molar-refractivity contribution in [2.75, 3.05) is 12.8 Å². The molecule has 0 fully saturated rings. The molecule has 0 aliphatic carbocycles. The summed E-state index contributed by atoms with van der Waals surface area (Å²) in [7, 11) is 1.57. The van der Waals surface area contributed by atoms with E-state index in [-0.39, 0.29) is 16.5 Å². The van der Waals surface area contributed by atoms with E-state index in [0.29, 0.717) is 17.0 Å². The Kier molecular flexibility index (Phi) is 3.57. The first-order chi connectivity index (χ1) is 10.1. The highest BCUT2D eigenvalue weighted by atomic mass is 35.5. The Bertz CT molecular complexity index is 780. The molecule has 4 nitrogen and oxygen atoms in total. The van der Waals surface area contributed by atoms with Gasteiger partial charge in [0.25, 0.3) is 0 Å². The highest BCUT2D eigenvalue weighted by Crippen LogP contribution is 2.43. The third kappa shape index (κ3) is 2.36. The molecule has 7 heteroatoms. The van der Waals surface area contributed by atoms with E-state index < -0.39 is 5.82 Å². The molecule has 0 radical (unpaired) electrons. The fourth-order valence-electron chi connectivity index (χ4n) is 2.00. The number of nitrogens with two attached hydrogens (primary N) is 1. The second kappa shape index (κ2) is 5.38. The van der Waals surface area contributed by atoms with Crippen LogP contribution in [0.5, 0.6) is 5.75 Å². The molecule has 1 aromatic carbocycles. The van der Waals surface area contributed by atoms with E-state index in [2.05, 4.69) is 5.16 Å². The summed E-state index contributed by atoms with van der Waals surface area (Å²) in [5.41, 5.74) is 6.77. The van der Waals surface area contributed by atoms with Gasteiger partial charge in [0.05, 0.1) is 22.6 Å². The molecular formula is C14H10ClFN2O2S. The van der Waals surface area contributed by atoms with Gasteiger partial charge in [-0.25, -0.2) is 4.39 Å². The zero-order valence-corrected chi connectivity index (χ0v) is 12.5.